The zero-order chi connectivity index (χ0) is 11.4. The Morgan fingerprint density at radius 2 is 1.87 bits per heavy atom. The van der Waals surface area contributed by atoms with Crippen molar-refractivity contribution < 1.29 is 14.3 Å². The zero-order valence-electron chi connectivity index (χ0n) is 8.75. The molecular weight excluding hydrogens is 195 g/mol. The van der Waals surface area contributed by atoms with E-state index in [-0.39, 0.29) is 5.57 Å². The predicted octanol–water partition coefficient (Wildman–Crippen LogP) is 3.03. The number of carboxylic acid groups (broad SMARTS) is 1. The van der Waals surface area contributed by atoms with Crippen LogP contribution in [0.2, 0.25) is 0 Å². The van der Waals surface area contributed by atoms with E-state index in [4.69, 9.17) is 5.11 Å². The normalized spacial score (nSPS) is 12.2. The Balaban J connectivity index is 3.07. The molecule has 0 aromatic heterocycles. The van der Waals surface area contributed by atoms with Crippen LogP contribution in [0.1, 0.15) is 25.0 Å². The predicted molar refractivity (Wildman–Crippen MR) is 57.2 cm³/mol. The molecule has 0 aliphatic carbocycles. The van der Waals surface area contributed by atoms with Crippen molar-refractivity contribution in [2.45, 2.75) is 20.3 Å². The first kappa shape index (κ1) is 11.4. The summed E-state index contributed by atoms with van der Waals surface area (Å²) in [5, 5.41) is 8.48. The first-order valence-electron chi connectivity index (χ1n) is 4.75. The minimum atomic E-state index is -1.52. The summed E-state index contributed by atoms with van der Waals surface area (Å²) in [5.74, 6) is -2.62. The van der Waals surface area contributed by atoms with E-state index in [0.717, 1.165) is 12.0 Å². The van der Waals surface area contributed by atoms with Gasteiger partial charge in [0.1, 0.15) is 0 Å². The maximum atomic E-state index is 13.1. The summed E-state index contributed by atoms with van der Waals surface area (Å²) >= 11 is 0. The second-order valence-corrected chi connectivity index (χ2v) is 3.29. The molecular formula is C12H13FO2. The fourth-order valence-electron chi connectivity index (χ4n) is 1.28. The van der Waals surface area contributed by atoms with Gasteiger partial charge in [0.05, 0.1) is 0 Å². The average molecular weight is 208 g/mol. The molecule has 15 heavy (non-hydrogen) atoms. The highest BCUT2D eigenvalue weighted by Gasteiger charge is 2.11. The summed E-state index contributed by atoms with van der Waals surface area (Å²) in [6, 6.07) is 7.20. The van der Waals surface area contributed by atoms with Gasteiger partial charge in [-0.3, -0.25) is 0 Å². The van der Waals surface area contributed by atoms with E-state index in [9.17, 15) is 9.18 Å². The standard InChI is InChI=1S/C12H13FO2/c1-3-9-4-6-10(7-5-9)8(2)11(13)12(14)15/h4-7H,3H2,1-2H3,(H,14,15). The van der Waals surface area contributed by atoms with Gasteiger partial charge in [0, 0.05) is 0 Å². The third-order valence-electron chi connectivity index (χ3n) is 2.31. The molecule has 0 unspecified atom stereocenters. The number of halogens is 1. The molecule has 0 fully saturated rings. The Morgan fingerprint density at radius 1 is 1.33 bits per heavy atom. The number of carbonyl (C=O) groups is 1. The van der Waals surface area contributed by atoms with Gasteiger partial charge in [-0.25, -0.2) is 4.79 Å². The van der Waals surface area contributed by atoms with Gasteiger partial charge in [-0.15, -0.1) is 0 Å². The van der Waals surface area contributed by atoms with E-state index >= 15 is 0 Å². The molecule has 0 amide bonds. The van der Waals surface area contributed by atoms with Crippen LogP contribution in [-0.4, -0.2) is 11.1 Å². The van der Waals surface area contributed by atoms with Crippen LogP contribution in [0.15, 0.2) is 30.1 Å². The lowest BCUT2D eigenvalue weighted by atomic mass is 10.0. The highest BCUT2D eigenvalue weighted by Crippen LogP contribution is 2.19. The lowest BCUT2D eigenvalue weighted by molar-refractivity contribution is -0.134. The monoisotopic (exact) mass is 208 g/mol. The zero-order valence-corrected chi connectivity index (χ0v) is 8.75. The summed E-state index contributed by atoms with van der Waals surface area (Å²) in [7, 11) is 0. The minimum Gasteiger partial charge on any atom is -0.476 e. The molecule has 0 radical (unpaired) electrons. The van der Waals surface area contributed by atoms with E-state index in [2.05, 4.69) is 0 Å². The molecule has 1 aromatic rings. The molecule has 1 rings (SSSR count). The molecule has 0 spiro atoms. The summed E-state index contributed by atoms with van der Waals surface area (Å²) in [6.07, 6.45) is 0.907. The van der Waals surface area contributed by atoms with Crippen LogP contribution >= 0.6 is 0 Å². The second-order valence-electron chi connectivity index (χ2n) is 3.29. The van der Waals surface area contributed by atoms with Crippen molar-refractivity contribution in [3.8, 4) is 0 Å². The van der Waals surface area contributed by atoms with Crippen molar-refractivity contribution >= 4 is 11.5 Å². The fraction of sp³-hybridized carbons (Fsp3) is 0.250. The molecule has 0 aliphatic rings. The molecule has 3 heteroatoms. The van der Waals surface area contributed by atoms with Crippen molar-refractivity contribution in [2.75, 3.05) is 0 Å². The highest BCUT2D eigenvalue weighted by atomic mass is 19.1. The van der Waals surface area contributed by atoms with Gasteiger partial charge < -0.3 is 5.11 Å². The van der Waals surface area contributed by atoms with Crippen LogP contribution in [0, 0.1) is 0 Å². The maximum Gasteiger partial charge on any atom is 0.365 e. The molecule has 1 aromatic carbocycles. The van der Waals surface area contributed by atoms with E-state index in [1.807, 2.05) is 19.1 Å². The first-order chi connectivity index (χ1) is 7.06. The Hall–Kier alpha value is -1.64. The van der Waals surface area contributed by atoms with E-state index < -0.39 is 11.8 Å². The van der Waals surface area contributed by atoms with Gasteiger partial charge >= 0.3 is 5.97 Å². The summed E-state index contributed by atoms with van der Waals surface area (Å²) in [5.41, 5.74) is 1.90. The van der Waals surface area contributed by atoms with E-state index in [1.54, 1.807) is 12.1 Å². The summed E-state index contributed by atoms with van der Waals surface area (Å²) in [6.45, 7) is 3.49. The topological polar surface area (TPSA) is 37.3 Å². The number of carboxylic acids is 1. The SMILES string of the molecule is CCc1ccc(C(C)=C(F)C(=O)O)cc1. The average Bonchev–Trinajstić information content (AvgIpc) is 2.27. The van der Waals surface area contributed by atoms with Crippen molar-refractivity contribution in [3.63, 3.8) is 0 Å². The number of aliphatic carboxylic acids is 1. The quantitative estimate of drug-likeness (QED) is 0.775. The van der Waals surface area contributed by atoms with Gasteiger partial charge in [0.2, 0.25) is 5.83 Å². The Labute approximate surface area is 88.1 Å². The van der Waals surface area contributed by atoms with Crippen LogP contribution in [0.4, 0.5) is 4.39 Å². The van der Waals surface area contributed by atoms with Gasteiger partial charge in [-0.05, 0) is 30.0 Å². The molecule has 0 bridgehead atoms. The van der Waals surface area contributed by atoms with E-state index in [1.165, 1.54) is 6.92 Å². The van der Waals surface area contributed by atoms with Crippen LogP contribution < -0.4 is 0 Å². The van der Waals surface area contributed by atoms with Crippen LogP contribution in [-0.2, 0) is 11.2 Å². The third kappa shape index (κ3) is 2.65. The molecule has 0 saturated carbocycles. The van der Waals surface area contributed by atoms with Gasteiger partial charge in [0.25, 0.3) is 0 Å². The van der Waals surface area contributed by atoms with Crippen molar-refractivity contribution in [1.29, 1.82) is 0 Å². The lowest BCUT2D eigenvalue weighted by Crippen LogP contribution is -1.98. The molecule has 1 N–H and O–H groups in total. The summed E-state index contributed by atoms with van der Waals surface area (Å²) < 4.78 is 13.1. The number of allylic oxidation sites excluding steroid dienone is 1. The second kappa shape index (κ2) is 4.73. The number of aryl methyl sites for hydroxylation is 1. The first-order valence-corrected chi connectivity index (χ1v) is 4.75. The minimum absolute atomic E-state index is 0.158. The number of benzene rings is 1. The largest absolute Gasteiger partial charge is 0.476 e. The van der Waals surface area contributed by atoms with Gasteiger partial charge in [0.15, 0.2) is 0 Å². The molecule has 80 valence electrons. The Kier molecular flexibility index (Phi) is 3.61. The Morgan fingerprint density at radius 3 is 2.27 bits per heavy atom. The van der Waals surface area contributed by atoms with Gasteiger partial charge in [-0.1, -0.05) is 31.2 Å². The van der Waals surface area contributed by atoms with Crippen molar-refractivity contribution in [3.05, 3.63) is 41.2 Å². The molecule has 0 heterocycles. The lowest BCUT2D eigenvalue weighted by Gasteiger charge is -2.03. The van der Waals surface area contributed by atoms with Crippen LogP contribution in [0.5, 0.6) is 0 Å². The van der Waals surface area contributed by atoms with Gasteiger partial charge in [-0.2, -0.15) is 4.39 Å². The van der Waals surface area contributed by atoms with E-state index in [0.29, 0.717) is 5.56 Å². The maximum absolute atomic E-state index is 13.1. The molecule has 0 aliphatic heterocycles. The van der Waals surface area contributed by atoms with Crippen molar-refractivity contribution in [2.24, 2.45) is 0 Å². The smallest absolute Gasteiger partial charge is 0.365 e. The van der Waals surface area contributed by atoms with Crippen molar-refractivity contribution in [1.82, 2.24) is 0 Å². The number of hydrogen-bond donors (Lipinski definition) is 1. The molecule has 0 saturated heterocycles. The number of rotatable bonds is 3. The fourth-order valence-corrected chi connectivity index (χ4v) is 1.28. The summed E-state index contributed by atoms with van der Waals surface area (Å²) in [4.78, 5) is 10.4. The molecule has 2 nitrogen and oxygen atoms in total. The van der Waals surface area contributed by atoms with Crippen LogP contribution in [0.25, 0.3) is 5.57 Å². The number of hydrogen-bond acceptors (Lipinski definition) is 1. The third-order valence-corrected chi connectivity index (χ3v) is 2.31. The Bertz CT molecular complexity index is 391. The highest BCUT2D eigenvalue weighted by molar-refractivity contribution is 5.93. The van der Waals surface area contributed by atoms with Crippen LogP contribution in [0.3, 0.4) is 0 Å². The molecule has 0 atom stereocenters.